The van der Waals surface area contributed by atoms with Gasteiger partial charge in [0.15, 0.2) is 0 Å². The quantitative estimate of drug-likeness (QED) is 0.615. The number of carbonyl (C=O) groups excluding carboxylic acids is 2. The Balaban J connectivity index is 1.23. The van der Waals surface area contributed by atoms with E-state index in [0.717, 1.165) is 36.0 Å². The Morgan fingerprint density at radius 2 is 1.94 bits per heavy atom. The number of rotatable bonds is 4. The van der Waals surface area contributed by atoms with E-state index < -0.39 is 0 Å². The van der Waals surface area contributed by atoms with Crippen molar-refractivity contribution in [2.75, 3.05) is 31.1 Å². The van der Waals surface area contributed by atoms with Crippen LogP contribution in [0.15, 0.2) is 48.7 Å². The zero-order valence-electron chi connectivity index (χ0n) is 18.2. The van der Waals surface area contributed by atoms with E-state index in [9.17, 15) is 14.0 Å². The average Bonchev–Trinajstić information content (AvgIpc) is 3.59. The Labute approximate surface area is 190 Å². The molecular weight excluding hydrogens is 423 g/mol. The van der Waals surface area contributed by atoms with Gasteiger partial charge in [-0.2, -0.15) is 5.10 Å². The molecule has 3 atom stereocenters. The molecule has 170 valence electrons. The molecule has 3 fully saturated rings. The summed E-state index contributed by atoms with van der Waals surface area (Å²) in [5, 5.41) is 5.22. The van der Waals surface area contributed by atoms with Crippen molar-refractivity contribution in [1.82, 2.24) is 14.7 Å². The first-order chi connectivity index (χ1) is 16.1. The van der Waals surface area contributed by atoms with Gasteiger partial charge in [0.1, 0.15) is 11.5 Å². The summed E-state index contributed by atoms with van der Waals surface area (Å²) in [5.74, 6) is -0.298. The van der Waals surface area contributed by atoms with Crippen LogP contribution in [-0.2, 0) is 14.3 Å². The van der Waals surface area contributed by atoms with Gasteiger partial charge < -0.3 is 14.5 Å². The lowest BCUT2D eigenvalue weighted by atomic mass is 10.0. The van der Waals surface area contributed by atoms with E-state index in [1.807, 2.05) is 28.0 Å². The zero-order chi connectivity index (χ0) is 22.5. The van der Waals surface area contributed by atoms with E-state index in [1.54, 1.807) is 29.1 Å². The Morgan fingerprint density at radius 1 is 1.09 bits per heavy atom. The van der Waals surface area contributed by atoms with E-state index in [-0.39, 0.29) is 35.6 Å². The van der Waals surface area contributed by atoms with Gasteiger partial charge in [-0.1, -0.05) is 18.2 Å². The van der Waals surface area contributed by atoms with E-state index >= 15 is 0 Å². The van der Waals surface area contributed by atoms with Crippen LogP contribution in [0, 0.1) is 17.7 Å². The molecule has 0 aliphatic carbocycles. The number of hydrogen-bond acceptors (Lipinski definition) is 4. The largest absolute Gasteiger partial charge is 0.378 e. The molecule has 0 N–H and O–H groups in total. The molecule has 4 heterocycles. The number of amides is 2. The lowest BCUT2D eigenvalue weighted by molar-refractivity contribution is -0.132. The summed E-state index contributed by atoms with van der Waals surface area (Å²) in [5.41, 5.74) is 1.90. The van der Waals surface area contributed by atoms with Crippen molar-refractivity contribution in [1.29, 1.82) is 0 Å². The standard InChI is InChI=1S/C25H25FN4O3/c26-20-6-1-2-7-23(20)30-22-9-3-8-21(18(22)12-27-30)29-14-16-13-28(15-19(16)25(29)32)24(31)11-17-5-4-10-33-17/h1-3,6-9,12,16-17,19H,4-5,10-11,13-15H2/t16-,17+,19-/m1/s1. The molecule has 1 aromatic heterocycles. The maximum atomic E-state index is 14.4. The first-order valence-electron chi connectivity index (χ1n) is 11.5. The maximum Gasteiger partial charge on any atom is 0.232 e. The van der Waals surface area contributed by atoms with Crippen LogP contribution in [0.2, 0.25) is 0 Å². The molecule has 0 bridgehead atoms. The van der Waals surface area contributed by atoms with Crippen molar-refractivity contribution in [2.24, 2.45) is 11.8 Å². The number of hydrogen-bond donors (Lipinski definition) is 0. The lowest BCUT2D eigenvalue weighted by Gasteiger charge is -2.23. The third-order valence-electron chi connectivity index (χ3n) is 7.18. The SMILES string of the molecule is O=C(C[C@@H]1CCCO1)N1C[C@@H]2CN(c3cccc4c3cnn4-c3ccccc3F)C(=O)[C@@H]2C1. The zero-order valence-corrected chi connectivity index (χ0v) is 18.2. The molecule has 0 saturated carbocycles. The Hall–Kier alpha value is -3.26. The van der Waals surface area contributed by atoms with Crippen molar-refractivity contribution in [3.8, 4) is 5.69 Å². The first kappa shape index (κ1) is 20.4. The van der Waals surface area contributed by atoms with Gasteiger partial charge in [0.25, 0.3) is 0 Å². The van der Waals surface area contributed by atoms with Crippen LogP contribution < -0.4 is 4.90 Å². The first-order valence-corrected chi connectivity index (χ1v) is 11.5. The number of para-hydroxylation sites is 1. The predicted molar refractivity (Wildman–Crippen MR) is 121 cm³/mol. The maximum absolute atomic E-state index is 14.4. The topological polar surface area (TPSA) is 67.7 Å². The summed E-state index contributed by atoms with van der Waals surface area (Å²) < 4.78 is 21.5. The van der Waals surface area contributed by atoms with Crippen LogP contribution in [0.25, 0.3) is 16.6 Å². The second kappa shape index (κ2) is 7.95. The molecule has 3 aliphatic rings. The number of nitrogens with zero attached hydrogens (tertiary/aromatic N) is 4. The minimum atomic E-state index is -0.354. The lowest BCUT2D eigenvalue weighted by Crippen LogP contribution is -2.36. The van der Waals surface area contributed by atoms with Crippen LogP contribution in [0.4, 0.5) is 10.1 Å². The minimum Gasteiger partial charge on any atom is -0.378 e. The van der Waals surface area contributed by atoms with Gasteiger partial charge in [0.05, 0.1) is 35.8 Å². The highest BCUT2D eigenvalue weighted by Gasteiger charge is 2.48. The van der Waals surface area contributed by atoms with E-state index in [2.05, 4.69) is 5.10 Å². The van der Waals surface area contributed by atoms with Gasteiger partial charge in [0, 0.05) is 37.5 Å². The molecule has 3 saturated heterocycles. The van der Waals surface area contributed by atoms with Crippen LogP contribution in [0.3, 0.4) is 0 Å². The molecule has 33 heavy (non-hydrogen) atoms. The number of ether oxygens (including phenoxy) is 1. The van der Waals surface area contributed by atoms with Gasteiger partial charge >= 0.3 is 0 Å². The Bertz CT molecular complexity index is 1240. The molecule has 8 heteroatoms. The number of likely N-dealkylation sites (tertiary alicyclic amines) is 1. The highest BCUT2D eigenvalue weighted by Crippen LogP contribution is 2.38. The molecule has 7 nitrogen and oxygen atoms in total. The summed E-state index contributed by atoms with van der Waals surface area (Å²) >= 11 is 0. The van der Waals surface area contributed by atoms with E-state index in [1.165, 1.54) is 6.07 Å². The molecule has 3 aromatic rings. The predicted octanol–water partition coefficient (Wildman–Crippen LogP) is 3.15. The van der Waals surface area contributed by atoms with Gasteiger partial charge in [-0.25, -0.2) is 9.07 Å². The molecule has 0 radical (unpaired) electrons. The summed E-state index contributed by atoms with van der Waals surface area (Å²) in [6.07, 6.45) is 4.06. The Morgan fingerprint density at radius 3 is 2.73 bits per heavy atom. The van der Waals surface area contributed by atoms with Crippen molar-refractivity contribution in [3.63, 3.8) is 0 Å². The van der Waals surface area contributed by atoms with Crippen molar-refractivity contribution >= 4 is 28.4 Å². The fraction of sp³-hybridized carbons (Fsp3) is 0.400. The van der Waals surface area contributed by atoms with Gasteiger partial charge in [-0.3, -0.25) is 9.59 Å². The second-order valence-electron chi connectivity index (χ2n) is 9.17. The third-order valence-corrected chi connectivity index (χ3v) is 7.18. The summed E-state index contributed by atoms with van der Waals surface area (Å²) in [6, 6.07) is 12.2. The summed E-state index contributed by atoms with van der Waals surface area (Å²) in [6.45, 7) is 2.37. The number of aromatic nitrogens is 2. The van der Waals surface area contributed by atoms with Crippen LogP contribution in [0.5, 0.6) is 0 Å². The third kappa shape index (κ3) is 3.40. The molecular formula is C25H25FN4O3. The molecule has 0 spiro atoms. The molecule has 0 unspecified atom stereocenters. The van der Waals surface area contributed by atoms with Crippen molar-refractivity contribution < 1.29 is 18.7 Å². The smallest absolute Gasteiger partial charge is 0.232 e. The monoisotopic (exact) mass is 448 g/mol. The van der Waals surface area contributed by atoms with Gasteiger partial charge in [0.2, 0.25) is 11.8 Å². The van der Waals surface area contributed by atoms with Crippen molar-refractivity contribution in [2.45, 2.75) is 25.4 Å². The Kier molecular flexibility index (Phi) is 4.90. The summed E-state index contributed by atoms with van der Waals surface area (Å²) in [7, 11) is 0. The average molecular weight is 448 g/mol. The number of benzene rings is 2. The number of carbonyl (C=O) groups is 2. The van der Waals surface area contributed by atoms with E-state index in [4.69, 9.17) is 4.74 Å². The van der Waals surface area contributed by atoms with Gasteiger partial charge in [-0.05, 0) is 37.1 Å². The van der Waals surface area contributed by atoms with Crippen LogP contribution in [0.1, 0.15) is 19.3 Å². The number of halogens is 1. The number of fused-ring (bicyclic) bond motifs is 2. The van der Waals surface area contributed by atoms with Gasteiger partial charge in [-0.15, -0.1) is 0 Å². The summed E-state index contributed by atoms with van der Waals surface area (Å²) in [4.78, 5) is 29.7. The van der Waals surface area contributed by atoms with E-state index in [0.29, 0.717) is 31.7 Å². The highest BCUT2D eigenvalue weighted by atomic mass is 19.1. The molecule has 3 aliphatic heterocycles. The molecule has 2 amide bonds. The highest BCUT2D eigenvalue weighted by molar-refractivity contribution is 6.05. The minimum absolute atomic E-state index is 0.0220. The van der Waals surface area contributed by atoms with Crippen LogP contribution in [-0.4, -0.2) is 58.8 Å². The molecule has 6 rings (SSSR count). The normalized spacial score (nSPS) is 24.8. The second-order valence-corrected chi connectivity index (χ2v) is 9.17. The fourth-order valence-electron chi connectivity index (χ4n) is 5.50. The molecule has 2 aromatic carbocycles. The van der Waals surface area contributed by atoms with Crippen LogP contribution >= 0.6 is 0 Å². The fourth-order valence-corrected chi connectivity index (χ4v) is 5.50. The van der Waals surface area contributed by atoms with Crippen molar-refractivity contribution in [3.05, 3.63) is 54.5 Å². The number of anilines is 1.